The molecule has 0 atom stereocenters. The van der Waals surface area contributed by atoms with Crippen LogP contribution >= 0.6 is 0 Å². The second-order valence-electron chi connectivity index (χ2n) is 5.66. The Morgan fingerprint density at radius 1 is 0.957 bits per heavy atom. The molecule has 0 fully saturated rings. The van der Waals surface area contributed by atoms with Gasteiger partial charge in [0.15, 0.2) is 0 Å². The van der Waals surface area contributed by atoms with Crippen LogP contribution in [0.5, 0.6) is 5.75 Å². The Morgan fingerprint density at radius 2 is 1.70 bits per heavy atom. The zero-order chi connectivity index (χ0) is 16.7. The Morgan fingerprint density at radius 3 is 2.43 bits per heavy atom. The second-order valence-corrected chi connectivity index (χ2v) is 5.66. The van der Waals surface area contributed by atoms with Crippen molar-refractivity contribution < 1.29 is 17.9 Å². The van der Waals surface area contributed by atoms with Gasteiger partial charge in [-0.3, -0.25) is 0 Å². The van der Waals surface area contributed by atoms with Crippen molar-refractivity contribution in [3.8, 4) is 5.75 Å². The highest BCUT2D eigenvalue weighted by molar-refractivity contribution is 5.80. The largest absolute Gasteiger partial charge is 0.494 e. The lowest BCUT2D eigenvalue weighted by molar-refractivity contribution is -0.140. The Kier molecular flexibility index (Phi) is 6.25. The first-order valence-corrected chi connectivity index (χ1v) is 8.11. The van der Waals surface area contributed by atoms with Crippen LogP contribution in [-0.2, 0) is 6.18 Å². The number of benzene rings is 1. The molecule has 0 radical (unpaired) electrons. The summed E-state index contributed by atoms with van der Waals surface area (Å²) in [6, 6.07) is 7.41. The van der Waals surface area contributed by atoms with Crippen LogP contribution in [0, 0.1) is 0 Å². The summed E-state index contributed by atoms with van der Waals surface area (Å²) in [5.41, 5.74) is -0.544. The summed E-state index contributed by atoms with van der Waals surface area (Å²) in [6.45, 7) is 2.82. The third kappa shape index (κ3) is 5.41. The van der Waals surface area contributed by atoms with Crippen molar-refractivity contribution in [3.63, 3.8) is 0 Å². The molecular formula is C18H22F3NO. The first kappa shape index (κ1) is 17.6. The van der Waals surface area contributed by atoms with E-state index in [4.69, 9.17) is 4.74 Å². The number of hydrogen-bond donors (Lipinski definition) is 0. The maximum Gasteiger partial charge on any atom is 0.433 e. The first-order valence-electron chi connectivity index (χ1n) is 8.11. The zero-order valence-electron chi connectivity index (χ0n) is 13.3. The SMILES string of the molecule is CCCCCCCCOc1ccc2nc(C(F)(F)F)ccc2c1. The minimum Gasteiger partial charge on any atom is -0.494 e. The molecule has 2 aromatic rings. The van der Waals surface area contributed by atoms with Crippen LogP contribution in [-0.4, -0.2) is 11.6 Å². The molecule has 0 saturated heterocycles. The number of nitrogens with zero attached hydrogens (tertiary/aromatic N) is 1. The summed E-state index contributed by atoms with van der Waals surface area (Å²) in [6.07, 6.45) is 2.72. The van der Waals surface area contributed by atoms with Crippen molar-refractivity contribution in [2.75, 3.05) is 6.61 Å². The van der Waals surface area contributed by atoms with Crippen molar-refractivity contribution in [1.29, 1.82) is 0 Å². The van der Waals surface area contributed by atoms with Crippen LogP contribution in [0.4, 0.5) is 13.2 Å². The van der Waals surface area contributed by atoms with Gasteiger partial charge in [0, 0.05) is 5.39 Å². The molecule has 0 N–H and O–H groups in total. The molecule has 1 aromatic carbocycles. The van der Waals surface area contributed by atoms with Crippen LogP contribution in [0.1, 0.15) is 51.1 Å². The van der Waals surface area contributed by atoms with E-state index in [1.54, 1.807) is 18.2 Å². The maximum absolute atomic E-state index is 12.6. The van der Waals surface area contributed by atoms with Gasteiger partial charge in [-0.1, -0.05) is 45.1 Å². The Balaban J connectivity index is 1.88. The molecule has 0 aliphatic carbocycles. The van der Waals surface area contributed by atoms with Crippen molar-refractivity contribution in [2.45, 2.75) is 51.6 Å². The molecular weight excluding hydrogens is 303 g/mol. The number of fused-ring (bicyclic) bond motifs is 1. The molecule has 23 heavy (non-hydrogen) atoms. The van der Waals surface area contributed by atoms with Crippen LogP contribution in [0.25, 0.3) is 10.9 Å². The van der Waals surface area contributed by atoms with Crippen molar-refractivity contribution >= 4 is 10.9 Å². The van der Waals surface area contributed by atoms with E-state index in [0.29, 0.717) is 23.3 Å². The lowest BCUT2D eigenvalue weighted by Gasteiger charge is -2.09. The fourth-order valence-electron chi connectivity index (χ4n) is 2.42. The van der Waals surface area contributed by atoms with E-state index in [-0.39, 0.29) is 0 Å². The topological polar surface area (TPSA) is 22.1 Å². The summed E-state index contributed by atoms with van der Waals surface area (Å²) in [5, 5.41) is 0.651. The van der Waals surface area contributed by atoms with E-state index in [0.717, 1.165) is 18.9 Å². The highest BCUT2D eigenvalue weighted by Gasteiger charge is 2.32. The molecule has 0 amide bonds. The van der Waals surface area contributed by atoms with Gasteiger partial charge in [-0.15, -0.1) is 0 Å². The molecule has 2 nitrogen and oxygen atoms in total. The Labute approximate surface area is 134 Å². The molecule has 0 aliphatic heterocycles. The van der Waals surface area contributed by atoms with Crippen LogP contribution in [0.2, 0.25) is 0 Å². The van der Waals surface area contributed by atoms with Gasteiger partial charge in [-0.2, -0.15) is 13.2 Å². The highest BCUT2D eigenvalue weighted by Crippen LogP contribution is 2.29. The Bertz CT molecular complexity index is 625. The quantitative estimate of drug-likeness (QED) is 0.556. The standard InChI is InChI=1S/C18H22F3NO/c1-2-3-4-5-6-7-12-23-15-9-10-16-14(13-15)8-11-17(22-16)18(19,20)21/h8-11,13H,2-7,12H2,1H3. The van der Waals surface area contributed by atoms with Gasteiger partial charge < -0.3 is 4.74 Å². The van der Waals surface area contributed by atoms with Gasteiger partial charge in [0.2, 0.25) is 0 Å². The number of unbranched alkanes of at least 4 members (excludes halogenated alkanes) is 5. The first-order chi connectivity index (χ1) is 11.0. The molecule has 0 saturated carbocycles. The van der Waals surface area contributed by atoms with E-state index in [9.17, 15) is 13.2 Å². The van der Waals surface area contributed by atoms with E-state index in [2.05, 4.69) is 11.9 Å². The Hall–Kier alpha value is -1.78. The second kappa shape index (κ2) is 8.18. The molecule has 0 spiro atoms. The maximum atomic E-state index is 12.6. The minimum atomic E-state index is -4.42. The van der Waals surface area contributed by atoms with Gasteiger partial charge in [0.1, 0.15) is 11.4 Å². The fourth-order valence-corrected chi connectivity index (χ4v) is 2.42. The molecule has 5 heteroatoms. The lowest BCUT2D eigenvalue weighted by atomic mass is 10.1. The third-order valence-electron chi connectivity index (χ3n) is 3.72. The predicted octanol–water partition coefficient (Wildman–Crippen LogP) is 5.99. The van der Waals surface area contributed by atoms with Crippen LogP contribution in [0.15, 0.2) is 30.3 Å². The van der Waals surface area contributed by atoms with Crippen molar-refractivity contribution in [2.24, 2.45) is 0 Å². The third-order valence-corrected chi connectivity index (χ3v) is 3.72. The normalized spacial score (nSPS) is 11.8. The van der Waals surface area contributed by atoms with Gasteiger partial charge in [-0.25, -0.2) is 4.98 Å². The lowest BCUT2D eigenvalue weighted by Crippen LogP contribution is -2.07. The smallest absolute Gasteiger partial charge is 0.433 e. The number of alkyl halides is 3. The van der Waals surface area contributed by atoms with Crippen LogP contribution in [0.3, 0.4) is 0 Å². The van der Waals surface area contributed by atoms with E-state index < -0.39 is 11.9 Å². The minimum absolute atomic E-state index is 0.326. The molecule has 1 aromatic heterocycles. The summed E-state index contributed by atoms with van der Waals surface area (Å²) >= 11 is 0. The summed E-state index contributed by atoms with van der Waals surface area (Å²) in [7, 11) is 0. The molecule has 0 bridgehead atoms. The zero-order valence-corrected chi connectivity index (χ0v) is 13.3. The number of aromatic nitrogens is 1. The van der Waals surface area contributed by atoms with Crippen molar-refractivity contribution in [1.82, 2.24) is 4.98 Å². The molecule has 0 aliphatic rings. The van der Waals surface area contributed by atoms with E-state index >= 15 is 0 Å². The van der Waals surface area contributed by atoms with Gasteiger partial charge >= 0.3 is 6.18 Å². The van der Waals surface area contributed by atoms with E-state index in [1.165, 1.54) is 31.7 Å². The number of pyridine rings is 1. The number of rotatable bonds is 8. The molecule has 0 unspecified atom stereocenters. The molecule has 126 valence electrons. The highest BCUT2D eigenvalue weighted by atomic mass is 19.4. The molecule has 2 rings (SSSR count). The van der Waals surface area contributed by atoms with Gasteiger partial charge in [-0.05, 0) is 30.7 Å². The monoisotopic (exact) mass is 325 g/mol. The number of ether oxygens (including phenoxy) is 1. The van der Waals surface area contributed by atoms with Crippen LogP contribution < -0.4 is 4.74 Å². The number of halogens is 3. The number of hydrogen-bond acceptors (Lipinski definition) is 2. The van der Waals surface area contributed by atoms with Gasteiger partial charge in [0.25, 0.3) is 0 Å². The van der Waals surface area contributed by atoms with Crippen molar-refractivity contribution in [3.05, 3.63) is 36.0 Å². The van der Waals surface area contributed by atoms with Gasteiger partial charge in [0.05, 0.1) is 12.1 Å². The van der Waals surface area contributed by atoms with E-state index in [1.807, 2.05) is 0 Å². The molecule has 1 heterocycles. The summed E-state index contributed by atoms with van der Waals surface area (Å²) in [4.78, 5) is 3.65. The average molecular weight is 325 g/mol. The summed E-state index contributed by atoms with van der Waals surface area (Å²) < 4.78 is 43.5. The fraction of sp³-hybridized carbons (Fsp3) is 0.500. The average Bonchev–Trinajstić information content (AvgIpc) is 2.52. The summed E-state index contributed by atoms with van der Waals surface area (Å²) in [5.74, 6) is 0.674. The predicted molar refractivity (Wildman–Crippen MR) is 85.6 cm³/mol.